The van der Waals surface area contributed by atoms with Crippen molar-refractivity contribution in [2.75, 3.05) is 0 Å². The summed E-state index contributed by atoms with van der Waals surface area (Å²) in [5.74, 6) is 0. The molecule has 0 fully saturated rings. The Kier molecular flexibility index (Phi) is 3.46. The number of pyridine rings is 1. The molecule has 0 saturated carbocycles. The molecule has 2 nitrogen and oxygen atoms in total. The minimum atomic E-state index is -0.571. The van der Waals surface area contributed by atoms with Gasteiger partial charge in [0.25, 0.3) is 0 Å². The van der Waals surface area contributed by atoms with Crippen LogP contribution < -0.4 is 0 Å². The van der Waals surface area contributed by atoms with E-state index in [1.807, 2.05) is 37.3 Å². The summed E-state index contributed by atoms with van der Waals surface area (Å²) < 4.78 is 0. The van der Waals surface area contributed by atoms with Gasteiger partial charge in [-0.05, 0) is 38.1 Å². The minimum Gasteiger partial charge on any atom is -0.387 e. The van der Waals surface area contributed by atoms with Crippen LogP contribution in [0.15, 0.2) is 36.4 Å². The number of nitrogens with zero attached hydrogens (tertiary/aromatic N) is 1. The van der Waals surface area contributed by atoms with E-state index in [1.54, 1.807) is 13.0 Å². The van der Waals surface area contributed by atoms with Crippen LogP contribution in [0, 0.1) is 6.92 Å². The van der Waals surface area contributed by atoms with E-state index in [9.17, 15) is 5.11 Å². The molecule has 17 heavy (non-hydrogen) atoms. The van der Waals surface area contributed by atoms with E-state index < -0.39 is 6.10 Å². The molecule has 0 bridgehead atoms. The molecule has 0 aliphatic heterocycles. The van der Waals surface area contributed by atoms with Gasteiger partial charge in [0.15, 0.2) is 0 Å². The average Bonchev–Trinajstić information content (AvgIpc) is 2.32. The lowest BCUT2D eigenvalue weighted by Gasteiger charge is -2.08. The fourth-order valence-corrected chi connectivity index (χ4v) is 1.88. The summed E-state index contributed by atoms with van der Waals surface area (Å²) in [4.78, 5) is 4.41. The Morgan fingerprint density at radius 1 is 1.24 bits per heavy atom. The van der Waals surface area contributed by atoms with Gasteiger partial charge in [-0.25, -0.2) is 0 Å². The van der Waals surface area contributed by atoms with Crippen molar-refractivity contribution in [1.29, 1.82) is 0 Å². The number of hydrogen-bond acceptors (Lipinski definition) is 2. The summed E-state index contributed by atoms with van der Waals surface area (Å²) in [6.07, 6.45) is -0.571. The molecule has 0 spiro atoms. The van der Waals surface area contributed by atoms with Gasteiger partial charge >= 0.3 is 0 Å². The largest absolute Gasteiger partial charge is 0.387 e. The Morgan fingerprint density at radius 2 is 2.00 bits per heavy atom. The van der Waals surface area contributed by atoms with Gasteiger partial charge in [0.2, 0.25) is 0 Å². The molecule has 1 unspecified atom stereocenters. The monoisotopic (exact) mass is 247 g/mol. The SMILES string of the molecule is Cc1ccc(Cl)c(-c2cccc(C(C)O)n2)c1. The molecule has 1 aromatic heterocycles. The third-order valence-corrected chi connectivity index (χ3v) is 2.93. The summed E-state index contributed by atoms with van der Waals surface area (Å²) in [6.45, 7) is 3.71. The predicted octanol–water partition coefficient (Wildman–Crippen LogP) is 3.76. The summed E-state index contributed by atoms with van der Waals surface area (Å²) in [7, 11) is 0. The average molecular weight is 248 g/mol. The number of aryl methyl sites for hydroxylation is 1. The fourth-order valence-electron chi connectivity index (χ4n) is 1.67. The predicted molar refractivity (Wildman–Crippen MR) is 70.1 cm³/mol. The zero-order valence-corrected chi connectivity index (χ0v) is 10.6. The van der Waals surface area contributed by atoms with Crippen LogP contribution in [-0.4, -0.2) is 10.1 Å². The highest BCUT2D eigenvalue weighted by molar-refractivity contribution is 6.33. The summed E-state index contributed by atoms with van der Waals surface area (Å²) in [6, 6.07) is 11.4. The second-order valence-corrected chi connectivity index (χ2v) is 4.51. The van der Waals surface area contributed by atoms with E-state index in [4.69, 9.17) is 11.6 Å². The highest BCUT2D eigenvalue weighted by Crippen LogP contribution is 2.28. The molecule has 0 radical (unpaired) electrons. The topological polar surface area (TPSA) is 33.1 Å². The van der Waals surface area contributed by atoms with Crippen LogP contribution in [0.1, 0.15) is 24.3 Å². The van der Waals surface area contributed by atoms with Crippen LogP contribution >= 0.6 is 11.6 Å². The number of rotatable bonds is 2. The maximum absolute atomic E-state index is 9.52. The lowest BCUT2D eigenvalue weighted by molar-refractivity contribution is 0.194. The number of aromatic nitrogens is 1. The Balaban J connectivity index is 2.52. The van der Waals surface area contributed by atoms with E-state index in [0.29, 0.717) is 10.7 Å². The minimum absolute atomic E-state index is 0.571. The Hall–Kier alpha value is -1.38. The van der Waals surface area contributed by atoms with Crippen molar-refractivity contribution < 1.29 is 5.11 Å². The second-order valence-electron chi connectivity index (χ2n) is 4.11. The van der Waals surface area contributed by atoms with E-state index >= 15 is 0 Å². The van der Waals surface area contributed by atoms with Gasteiger partial charge < -0.3 is 5.11 Å². The first-order valence-corrected chi connectivity index (χ1v) is 5.87. The number of benzene rings is 1. The van der Waals surface area contributed by atoms with E-state index in [2.05, 4.69) is 4.98 Å². The maximum atomic E-state index is 9.52. The molecule has 1 atom stereocenters. The third-order valence-electron chi connectivity index (χ3n) is 2.60. The van der Waals surface area contributed by atoms with Gasteiger partial charge in [-0.3, -0.25) is 4.98 Å². The molecule has 2 rings (SSSR count). The van der Waals surface area contributed by atoms with Crippen LogP contribution in [0.2, 0.25) is 5.02 Å². The zero-order valence-electron chi connectivity index (χ0n) is 9.81. The van der Waals surface area contributed by atoms with E-state index in [1.165, 1.54) is 0 Å². The zero-order chi connectivity index (χ0) is 12.4. The van der Waals surface area contributed by atoms with Crippen LogP contribution in [0.5, 0.6) is 0 Å². The first-order valence-electron chi connectivity index (χ1n) is 5.49. The van der Waals surface area contributed by atoms with E-state index in [0.717, 1.165) is 16.8 Å². The molecular formula is C14H14ClNO. The van der Waals surface area contributed by atoms with Gasteiger partial charge in [0.05, 0.1) is 17.5 Å². The van der Waals surface area contributed by atoms with Crippen LogP contribution in [0.3, 0.4) is 0 Å². The van der Waals surface area contributed by atoms with Gasteiger partial charge in [0.1, 0.15) is 0 Å². The number of aliphatic hydroxyl groups is 1. The number of aliphatic hydroxyl groups excluding tert-OH is 1. The Morgan fingerprint density at radius 3 is 2.71 bits per heavy atom. The quantitative estimate of drug-likeness (QED) is 0.877. The molecule has 0 aliphatic carbocycles. The molecule has 1 aromatic carbocycles. The lowest BCUT2D eigenvalue weighted by Crippen LogP contribution is -1.96. The van der Waals surface area contributed by atoms with Crippen LogP contribution in [-0.2, 0) is 0 Å². The molecule has 1 heterocycles. The lowest BCUT2D eigenvalue weighted by atomic mass is 10.1. The summed E-state index contributed by atoms with van der Waals surface area (Å²) in [5, 5.41) is 10.2. The fraction of sp³-hybridized carbons (Fsp3) is 0.214. The normalized spacial score (nSPS) is 12.5. The van der Waals surface area contributed by atoms with Gasteiger partial charge in [-0.2, -0.15) is 0 Å². The molecular weight excluding hydrogens is 234 g/mol. The Bertz CT molecular complexity index is 537. The first-order chi connectivity index (χ1) is 8.08. The molecule has 0 aliphatic rings. The smallest absolute Gasteiger partial charge is 0.0932 e. The highest BCUT2D eigenvalue weighted by Gasteiger charge is 2.08. The van der Waals surface area contributed by atoms with Crippen molar-refractivity contribution in [2.45, 2.75) is 20.0 Å². The van der Waals surface area contributed by atoms with Gasteiger partial charge in [-0.1, -0.05) is 29.3 Å². The number of halogens is 1. The number of hydrogen-bond donors (Lipinski definition) is 1. The maximum Gasteiger partial charge on any atom is 0.0932 e. The summed E-state index contributed by atoms with van der Waals surface area (Å²) in [5.41, 5.74) is 3.47. The van der Waals surface area contributed by atoms with Crippen LogP contribution in [0.25, 0.3) is 11.3 Å². The molecule has 1 N–H and O–H groups in total. The first kappa shape index (κ1) is 12.1. The third kappa shape index (κ3) is 2.65. The highest BCUT2D eigenvalue weighted by atomic mass is 35.5. The van der Waals surface area contributed by atoms with Gasteiger partial charge in [0, 0.05) is 10.6 Å². The van der Waals surface area contributed by atoms with Crippen molar-refractivity contribution in [3.8, 4) is 11.3 Å². The Labute approximate surface area is 106 Å². The van der Waals surface area contributed by atoms with Crippen LogP contribution in [0.4, 0.5) is 0 Å². The van der Waals surface area contributed by atoms with Crippen molar-refractivity contribution >= 4 is 11.6 Å². The van der Waals surface area contributed by atoms with Crippen molar-refractivity contribution in [1.82, 2.24) is 4.98 Å². The van der Waals surface area contributed by atoms with Crippen molar-refractivity contribution in [3.63, 3.8) is 0 Å². The van der Waals surface area contributed by atoms with Gasteiger partial charge in [-0.15, -0.1) is 0 Å². The van der Waals surface area contributed by atoms with Crippen molar-refractivity contribution in [3.05, 3.63) is 52.7 Å². The molecule has 2 aromatic rings. The standard InChI is InChI=1S/C14H14ClNO/c1-9-6-7-12(15)11(8-9)14-5-3-4-13(16-14)10(2)17/h3-8,10,17H,1-2H3. The second kappa shape index (κ2) is 4.86. The summed E-state index contributed by atoms with van der Waals surface area (Å²) >= 11 is 6.16. The molecule has 3 heteroatoms. The molecule has 88 valence electrons. The van der Waals surface area contributed by atoms with E-state index in [-0.39, 0.29) is 0 Å². The molecule has 0 saturated heterocycles. The van der Waals surface area contributed by atoms with Crippen molar-refractivity contribution in [2.24, 2.45) is 0 Å². The molecule has 0 amide bonds.